The minimum absolute atomic E-state index is 0.121. The van der Waals surface area contributed by atoms with Crippen molar-refractivity contribution in [2.24, 2.45) is 0 Å². The van der Waals surface area contributed by atoms with Gasteiger partial charge >= 0.3 is 0 Å². The van der Waals surface area contributed by atoms with Crippen LogP contribution in [0, 0.1) is 6.92 Å². The molecule has 0 atom stereocenters. The molecule has 0 aliphatic carbocycles. The lowest BCUT2D eigenvalue weighted by Gasteiger charge is -2.04. The van der Waals surface area contributed by atoms with Crippen molar-refractivity contribution >= 4 is 27.9 Å². The number of carbonyl (C=O) groups excluding carboxylic acids is 1. The van der Waals surface area contributed by atoms with Crippen molar-refractivity contribution in [3.63, 3.8) is 0 Å². The van der Waals surface area contributed by atoms with Crippen LogP contribution in [0.5, 0.6) is 0 Å². The number of nitrogens with one attached hydrogen (secondary N) is 1. The highest BCUT2D eigenvalue weighted by Crippen LogP contribution is 2.17. The number of aromatic nitrogens is 2. The predicted octanol–water partition coefficient (Wildman–Crippen LogP) is 2.96. The third kappa shape index (κ3) is 1.89. The zero-order chi connectivity index (χ0) is 12.5. The molecule has 4 nitrogen and oxygen atoms in total. The summed E-state index contributed by atoms with van der Waals surface area (Å²) in [7, 11) is 0. The monoisotopic (exact) mass is 257 g/mol. The molecule has 1 aromatic carbocycles. The van der Waals surface area contributed by atoms with Crippen molar-refractivity contribution in [3.05, 3.63) is 53.3 Å². The molecule has 1 amide bonds. The number of hydrogen-bond acceptors (Lipinski definition) is 3. The Morgan fingerprint density at radius 3 is 3.17 bits per heavy atom. The average molecular weight is 257 g/mol. The molecule has 3 aromatic rings. The fraction of sp³-hybridized carbons (Fsp3) is 0.0769. The molecule has 5 heteroatoms. The highest BCUT2D eigenvalue weighted by atomic mass is 32.1. The second-order valence-corrected chi connectivity index (χ2v) is 4.86. The number of fused-ring (bicyclic) bond motifs is 1. The van der Waals surface area contributed by atoms with Gasteiger partial charge in [-0.05, 0) is 24.6 Å². The van der Waals surface area contributed by atoms with Gasteiger partial charge in [0, 0.05) is 23.5 Å². The topological polar surface area (TPSA) is 46.4 Å². The first-order valence-corrected chi connectivity index (χ1v) is 6.40. The number of thiazole rings is 1. The summed E-state index contributed by atoms with van der Waals surface area (Å²) < 4.78 is 1.79. The molecule has 0 unspecified atom stereocenters. The molecule has 0 spiro atoms. The summed E-state index contributed by atoms with van der Waals surface area (Å²) in [6.45, 7) is 1.99. The minimum Gasteiger partial charge on any atom is -0.321 e. The maximum absolute atomic E-state index is 12.1. The third-order valence-electron chi connectivity index (χ3n) is 2.65. The van der Waals surface area contributed by atoms with Gasteiger partial charge in [-0.2, -0.15) is 0 Å². The molecule has 0 saturated carbocycles. The van der Waals surface area contributed by atoms with E-state index in [-0.39, 0.29) is 5.91 Å². The summed E-state index contributed by atoms with van der Waals surface area (Å²) in [5.41, 5.74) is 2.53. The summed E-state index contributed by atoms with van der Waals surface area (Å²) in [5, 5.41) is 4.70. The fourth-order valence-electron chi connectivity index (χ4n) is 1.81. The van der Waals surface area contributed by atoms with Crippen LogP contribution in [-0.2, 0) is 0 Å². The van der Waals surface area contributed by atoms with Crippen LogP contribution in [0.4, 0.5) is 5.69 Å². The Kier molecular flexibility index (Phi) is 2.60. The minimum atomic E-state index is -0.121. The molecule has 90 valence electrons. The highest BCUT2D eigenvalue weighted by Gasteiger charge is 2.12. The van der Waals surface area contributed by atoms with Crippen molar-refractivity contribution < 1.29 is 4.79 Å². The molecule has 0 aliphatic heterocycles. The van der Waals surface area contributed by atoms with Gasteiger partial charge in [0.1, 0.15) is 5.69 Å². The molecule has 2 aromatic heterocycles. The van der Waals surface area contributed by atoms with E-state index in [4.69, 9.17) is 0 Å². The second-order valence-electron chi connectivity index (χ2n) is 4.02. The largest absolute Gasteiger partial charge is 0.321 e. The van der Waals surface area contributed by atoms with Gasteiger partial charge in [-0.25, -0.2) is 4.98 Å². The van der Waals surface area contributed by atoms with Crippen LogP contribution in [0.15, 0.2) is 42.0 Å². The van der Waals surface area contributed by atoms with Crippen molar-refractivity contribution in [3.8, 4) is 0 Å². The molecule has 0 aliphatic rings. The smallest absolute Gasteiger partial charge is 0.273 e. The van der Waals surface area contributed by atoms with Gasteiger partial charge in [0.2, 0.25) is 0 Å². The Morgan fingerprint density at radius 2 is 2.33 bits per heavy atom. The molecule has 0 saturated heterocycles. The standard InChI is InChI=1S/C13H11N3OS/c1-9-3-2-4-10(7-9)15-12(17)11-8-18-13-14-5-6-16(11)13/h2-8H,1H3,(H,15,17). The number of carbonyl (C=O) groups is 1. The molecule has 3 rings (SSSR count). The molecule has 0 bridgehead atoms. The van der Waals surface area contributed by atoms with Crippen LogP contribution in [-0.4, -0.2) is 15.3 Å². The van der Waals surface area contributed by atoms with Crippen molar-refractivity contribution in [1.29, 1.82) is 0 Å². The van der Waals surface area contributed by atoms with Crippen LogP contribution >= 0.6 is 11.3 Å². The van der Waals surface area contributed by atoms with Crippen LogP contribution in [0.25, 0.3) is 4.96 Å². The van der Waals surface area contributed by atoms with E-state index in [2.05, 4.69) is 10.3 Å². The number of amides is 1. The summed E-state index contributed by atoms with van der Waals surface area (Å²) in [5.74, 6) is -0.121. The van der Waals surface area contributed by atoms with Crippen LogP contribution in [0.2, 0.25) is 0 Å². The summed E-state index contributed by atoms with van der Waals surface area (Å²) in [4.78, 5) is 17.1. The first-order valence-electron chi connectivity index (χ1n) is 5.52. The van der Waals surface area contributed by atoms with E-state index in [1.165, 1.54) is 11.3 Å². The first-order chi connectivity index (χ1) is 8.74. The number of nitrogens with zero attached hydrogens (tertiary/aromatic N) is 2. The van der Waals surface area contributed by atoms with Crippen molar-refractivity contribution in [2.45, 2.75) is 6.92 Å². The lowest BCUT2D eigenvalue weighted by atomic mass is 10.2. The van der Waals surface area contributed by atoms with Gasteiger partial charge in [-0.1, -0.05) is 12.1 Å². The van der Waals surface area contributed by atoms with E-state index in [0.717, 1.165) is 16.2 Å². The zero-order valence-corrected chi connectivity index (χ0v) is 10.6. The van der Waals surface area contributed by atoms with Gasteiger partial charge in [0.25, 0.3) is 5.91 Å². The Hall–Kier alpha value is -2.14. The van der Waals surface area contributed by atoms with E-state index in [1.54, 1.807) is 16.8 Å². The Bertz CT molecular complexity index is 714. The normalized spacial score (nSPS) is 10.7. The summed E-state index contributed by atoms with van der Waals surface area (Å²) in [6, 6.07) is 7.73. The first kappa shape index (κ1) is 11.0. The molecule has 2 heterocycles. The molecule has 18 heavy (non-hydrogen) atoms. The molecule has 1 N–H and O–H groups in total. The summed E-state index contributed by atoms with van der Waals surface area (Å²) in [6.07, 6.45) is 3.48. The fourth-order valence-corrected chi connectivity index (χ4v) is 2.64. The summed E-state index contributed by atoms with van der Waals surface area (Å²) >= 11 is 1.45. The lowest BCUT2D eigenvalue weighted by molar-refractivity contribution is 0.102. The number of imidazole rings is 1. The van der Waals surface area contributed by atoms with Gasteiger partial charge in [0.05, 0.1) is 0 Å². The molecular weight excluding hydrogens is 246 g/mol. The Balaban J connectivity index is 1.90. The highest BCUT2D eigenvalue weighted by molar-refractivity contribution is 7.15. The van der Waals surface area contributed by atoms with Gasteiger partial charge < -0.3 is 5.32 Å². The Morgan fingerprint density at radius 1 is 1.44 bits per heavy atom. The van der Waals surface area contributed by atoms with E-state index < -0.39 is 0 Å². The van der Waals surface area contributed by atoms with Gasteiger partial charge in [-0.15, -0.1) is 11.3 Å². The van der Waals surface area contributed by atoms with E-state index in [9.17, 15) is 4.79 Å². The number of aryl methyl sites for hydroxylation is 1. The van der Waals surface area contributed by atoms with E-state index >= 15 is 0 Å². The lowest BCUT2D eigenvalue weighted by Crippen LogP contribution is -2.13. The quantitative estimate of drug-likeness (QED) is 0.767. The SMILES string of the molecule is Cc1cccc(NC(=O)c2csc3nccn23)c1. The number of rotatable bonds is 2. The zero-order valence-electron chi connectivity index (χ0n) is 9.75. The van der Waals surface area contributed by atoms with Gasteiger partial charge in [0.15, 0.2) is 4.96 Å². The number of hydrogen-bond donors (Lipinski definition) is 1. The van der Waals surface area contributed by atoms with Gasteiger partial charge in [-0.3, -0.25) is 9.20 Å². The van der Waals surface area contributed by atoms with Crippen molar-refractivity contribution in [2.75, 3.05) is 5.32 Å². The number of anilines is 1. The van der Waals surface area contributed by atoms with E-state index in [1.807, 2.05) is 36.6 Å². The predicted molar refractivity (Wildman–Crippen MR) is 72.2 cm³/mol. The Labute approximate surface area is 108 Å². The second kappa shape index (κ2) is 4.27. The molecule has 0 radical (unpaired) electrons. The molecule has 0 fully saturated rings. The average Bonchev–Trinajstić information content (AvgIpc) is 2.89. The van der Waals surface area contributed by atoms with Crippen LogP contribution in [0.3, 0.4) is 0 Å². The van der Waals surface area contributed by atoms with Crippen molar-refractivity contribution in [1.82, 2.24) is 9.38 Å². The third-order valence-corrected chi connectivity index (χ3v) is 3.50. The maximum Gasteiger partial charge on any atom is 0.273 e. The molecular formula is C13H11N3OS. The maximum atomic E-state index is 12.1. The number of benzene rings is 1. The van der Waals surface area contributed by atoms with Crippen LogP contribution < -0.4 is 5.32 Å². The van der Waals surface area contributed by atoms with Crippen LogP contribution in [0.1, 0.15) is 16.1 Å². The van der Waals surface area contributed by atoms with E-state index in [0.29, 0.717) is 5.69 Å².